The van der Waals surface area contributed by atoms with Crippen LogP contribution in [0.4, 0.5) is 4.79 Å². The van der Waals surface area contributed by atoms with Crippen LogP contribution in [0, 0.1) is 6.92 Å². The number of hydrogen-bond acceptors (Lipinski definition) is 7. The van der Waals surface area contributed by atoms with E-state index in [-0.39, 0.29) is 18.7 Å². The highest BCUT2D eigenvalue weighted by Gasteiger charge is 2.44. The van der Waals surface area contributed by atoms with Gasteiger partial charge in [-0.2, -0.15) is 0 Å². The topological polar surface area (TPSA) is 97.7 Å². The number of amides is 3. The van der Waals surface area contributed by atoms with E-state index >= 15 is 0 Å². The predicted octanol–water partition coefficient (Wildman–Crippen LogP) is 4.71. The average molecular weight is 534 g/mol. The second kappa shape index (κ2) is 10.1. The van der Waals surface area contributed by atoms with Crippen molar-refractivity contribution in [2.75, 3.05) is 20.3 Å². The van der Waals surface area contributed by atoms with Gasteiger partial charge in [-0.25, -0.2) is 14.8 Å². The van der Waals surface area contributed by atoms with Gasteiger partial charge in [-0.15, -0.1) is 0 Å². The lowest BCUT2D eigenvalue weighted by atomic mass is 9.88. The fourth-order valence-electron chi connectivity index (χ4n) is 4.27. The van der Waals surface area contributed by atoms with Gasteiger partial charge in [0.1, 0.15) is 6.61 Å². The highest BCUT2D eigenvalue weighted by Crippen LogP contribution is 2.38. The zero-order chi connectivity index (χ0) is 26.2. The molecule has 3 amide bonds. The SMILES string of the molecule is CCN1OC[C@@H](N(C(=O)OC)C(=O)c2ccc(C3=NOC(C)(c4cc(Cl)cc(Cl)c4)C3)cc2C)C1=O. The molecule has 1 unspecified atom stereocenters. The summed E-state index contributed by atoms with van der Waals surface area (Å²) in [6.45, 7) is 5.52. The number of rotatable bonds is 5. The van der Waals surface area contributed by atoms with Crippen LogP contribution in [-0.2, 0) is 24.8 Å². The quantitative estimate of drug-likeness (QED) is 0.551. The van der Waals surface area contributed by atoms with Gasteiger partial charge >= 0.3 is 6.09 Å². The number of nitrogens with zero attached hydrogens (tertiary/aromatic N) is 3. The lowest BCUT2D eigenvalue weighted by Crippen LogP contribution is -2.50. The third-order valence-electron chi connectivity index (χ3n) is 6.23. The van der Waals surface area contributed by atoms with Crippen LogP contribution in [-0.4, -0.2) is 59.9 Å². The number of halogens is 2. The number of likely N-dealkylation sites (N-methyl/N-ethyl adjacent to an activating group) is 1. The lowest BCUT2D eigenvalue weighted by molar-refractivity contribution is -0.160. The summed E-state index contributed by atoms with van der Waals surface area (Å²) < 4.78 is 4.80. The van der Waals surface area contributed by atoms with Crippen LogP contribution >= 0.6 is 23.2 Å². The molecule has 0 saturated carbocycles. The van der Waals surface area contributed by atoms with E-state index in [0.29, 0.717) is 27.7 Å². The Morgan fingerprint density at radius 1 is 1.22 bits per heavy atom. The molecule has 0 N–H and O–H groups in total. The highest BCUT2D eigenvalue weighted by molar-refractivity contribution is 6.34. The molecule has 2 atom stereocenters. The summed E-state index contributed by atoms with van der Waals surface area (Å²) in [6.07, 6.45) is -0.487. The van der Waals surface area contributed by atoms with Crippen molar-refractivity contribution in [3.63, 3.8) is 0 Å². The smallest absolute Gasteiger partial charge is 0.417 e. The van der Waals surface area contributed by atoms with E-state index in [0.717, 1.165) is 28.2 Å². The maximum Gasteiger partial charge on any atom is 0.417 e. The lowest BCUT2D eigenvalue weighted by Gasteiger charge is -2.24. The zero-order valence-corrected chi connectivity index (χ0v) is 21.7. The fraction of sp³-hybridized carbons (Fsp3) is 0.360. The number of aryl methyl sites for hydroxylation is 1. The van der Waals surface area contributed by atoms with Crippen LogP contribution in [0.15, 0.2) is 41.6 Å². The second-order valence-electron chi connectivity index (χ2n) is 8.71. The highest BCUT2D eigenvalue weighted by atomic mass is 35.5. The van der Waals surface area contributed by atoms with Crippen molar-refractivity contribution >= 4 is 46.8 Å². The second-order valence-corrected chi connectivity index (χ2v) is 9.59. The van der Waals surface area contributed by atoms with Crippen LogP contribution in [0.2, 0.25) is 10.0 Å². The molecule has 2 aromatic carbocycles. The number of imide groups is 1. The van der Waals surface area contributed by atoms with E-state index in [1.54, 1.807) is 50.2 Å². The number of hydrogen-bond donors (Lipinski definition) is 0. The fourth-order valence-corrected chi connectivity index (χ4v) is 4.79. The number of ether oxygens (including phenoxy) is 1. The van der Waals surface area contributed by atoms with Gasteiger partial charge in [0.05, 0.1) is 12.8 Å². The number of benzene rings is 2. The minimum Gasteiger partial charge on any atom is -0.452 e. The summed E-state index contributed by atoms with van der Waals surface area (Å²) in [4.78, 5) is 50.4. The van der Waals surface area contributed by atoms with Crippen LogP contribution < -0.4 is 0 Å². The van der Waals surface area contributed by atoms with Crippen molar-refractivity contribution in [3.05, 3.63) is 68.7 Å². The van der Waals surface area contributed by atoms with Crippen molar-refractivity contribution in [3.8, 4) is 0 Å². The van der Waals surface area contributed by atoms with Gasteiger partial charge in [0.2, 0.25) is 0 Å². The Hall–Kier alpha value is -3.14. The molecule has 0 bridgehead atoms. The summed E-state index contributed by atoms with van der Waals surface area (Å²) >= 11 is 12.3. The predicted molar refractivity (Wildman–Crippen MR) is 133 cm³/mol. The van der Waals surface area contributed by atoms with E-state index in [4.69, 9.17) is 37.6 Å². The van der Waals surface area contributed by atoms with Crippen molar-refractivity contribution in [1.82, 2.24) is 9.96 Å². The molecule has 2 aliphatic heterocycles. The van der Waals surface area contributed by atoms with Crippen LogP contribution in [0.5, 0.6) is 0 Å². The minimum absolute atomic E-state index is 0.134. The molecule has 0 spiro atoms. The van der Waals surface area contributed by atoms with Crippen LogP contribution in [0.1, 0.15) is 47.3 Å². The molecule has 11 heteroatoms. The standard InChI is InChI=1S/C25H25Cl2N3O6/c1-5-29-23(32)21(13-35-29)30(24(33)34-4)22(31)19-7-6-15(8-14(19)2)20-12-25(3,36-28-20)16-9-17(26)11-18(27)10-16/h6-11,21H,5,12-13H2,1-4H3/t21-,25?/m1/s1. The largest absolute Gasteiger partial charge is 0.452 e. The first kappa shape index (κ1) is 25.9. The molecule has 9 nitrogen and oxygen atoms in total. The van der Waals surface area contributed by atoms with Crippen molar-refractivity contribution in [1.29, 1.82) is 0 Å². The first-order valence-corrected chi connectivity index (χ1v) is 12.0. The van der Waals surface area contributed by atoms with Gasteiger partial charge in [-0.3, -0.25) is 14.4 Å². The molecule has 36 heavy (non-hydrogen) atoms. The first-order valence-electron chi connectivity index (χ1n) is 11.3. The summed E-state index contributed by atoms with van der Waals surface area (Å²) in [5, 5.41) is 6.39. The maximum absolute atomic E-state index is 13.4. The molecule has 190 valence electrons. The summed E-state index contributed by atoms with van der Waals surface area (Å²) in [6, 6.07) is 9.21. The monoisotopic (exact) mass is 533 g/mol. The van der Waals surface area contributed by atoms with Gasteiger partial charge in [-0.05, 0) is 62.2 Å². The van der Waals surface area contributed by atoms with Crippen molar-refractivity contribution in [2.45, 2.75) is 38.8 Å². The van der Waals surface area contributed by atoms with Crippen molar-refractivity contribution in [2.24, 2.45) is 5.16 Å². The Labute approximate surface area is 218 Å². The Kier molecular flexibility index (Phi) is 7.26. The Balaban J connectivity index is 1.58. The Bertz CT molecular complexity index is 1250. The maximum atomic E-state index is 13.4. The number of methoxy groups -OCH3 is 1. The van der Waals surface area contributed by atoms with E-state index in [2.05, 4.69) is 5.16 Å². The number of carbonyl (C=O) groups excluding carboxylic acids is 3. The molecule has 2 aliphatic rings. The molecule has 4 rings (SSSR count). The van der Waals surface area contributed by atoms with E-state index in [1.165, 1.54) is 0 Å². The molecule has 0 aromatic heterocycles. The van der Waals surface area contributed by atoms with E-state index < -0.39 is 29.6 Å². The van der Waals surface area contributed by atoms with Gasteiger partial charge < -0.3 is 9.57 Å². The van der Waals surface area contributed by atoms with E-state index in [9.17, 15) is 14.4 Å². The third-order valence-corrected chi connectivity index (χ3v) is 6.67. The molecule has 0 aliphatic carbocycles. The molecular formula is C25H25Cl2N3O6. The van der Waals surface area contributed by atoms with Crippen LogP contribution in [0.25, 0.3) is 0 Å². The van der Waals surface area contributed by atoms with Gasteiger partial charge in [0.15, 0.2) is 11.6 Å². The number of hydroxylamine groups is 2. The van der Waals surface area contributed by atoms with E-state index in [1.807, 2.05) is 6.92 Å². The van der Waals surface area contributed by atoms with Gasteiger partial charge in [0.25, 0.3) is 11.8 Å². The third kappa shape index (κ3) is 4.78. The zero-order valence-electron chi connectivity index (χ0n) is 20.2. The Morgan fingerprint density at radius 3 is 2.50 bits per heavy atom. The average Bonchev–Trinajstić information content (AvgIpc) is 3.42. The molecule has 0 radical (unpaired) electrons. The molecule has 1 saturated heterocycles. The normalized spacial score (nSPS) is 21.3. The first-order chi connectivity index (χ1) is 17.1. The number of oxime groups is 1. The molecule has 2 aromatic rings. The van der Waals surface area contributed by atoms with Gasteiger partial charge in [-0.1, -0.05) is 34.4 Å². The number of carbonyl (C=O) groups is 3. The van der Waals surface area contributed by atoms with Crippen LogP contribution in [0.3, 0.4) is 0 Å². The molecular weight excluding hydrogens is 509 g/mol. The molecule has 1 fully saturated rings. The summed E-state index contributed by atoms with van der Waals surface area (Å²) in [5.74, 6) is -1.14. The molecule has 2 heterocycles. The summed E-state index contributed by atoms with van der Waals surface area (Å²) in [7, 11) is 1.15. The summed E-state index contributed by atoms with van der Waals surface area (Å²) in [5.41, 5.74) is 2.30. The van der Waals surface area contributed by atoms with Crippen molar-refractivity contribution < 1.29 is 28.8 Å². The Morgan fingerprint density at radius 2 is 1.92 bits per heavy atom. The minimum atomic E-state index is -1.11. The van der Waals surface area contributed by atoms with Gasteiger partial charge in [0, 0.05) is 34.1 Å².